The molecule has 1 radical (unpaired) electrons. The van der Waals surface area contributed by atoms with Crippen LogP contribution < -0.4 is 5.19 Å². The quantitative estimate of drug-likeness (QED) is 0.107. The molecule has 0 amide bonds. The third-order valence-electron chi connectivity index (χ3n) is 12.1. The number of benzene rings is 5. The molecule has 0 spiro atoms. The van der Waals surface area contributed by atoms with Crippen molar-refractivity contribution in [3.63, 3.8) is 0 Å². The molecular formula is C58H62IrN4OSi-2. The Hall–Kier alpha value is -5.46. The van der Waals surface area contributed by atoms with E-state index in [1.54, 1.807) is 0 Å². The number of aromatic nitrogens is 4. The van der Waals surface area contributed by atoms with Gasteiger partial charge in [0.05, 0.1) is 25.0 Å². The molecule has 4 aromatic heterocycles. The van der Waals surface area contributed by atoms with Gasteiger partial charge in [-0.25, -0.2) is 4.98 Å². The van der Waals surface area contributed by atoms with Crippen molar-refractivity contribution in [3.8, 4) is 39.5 Å². The van der Waals surface area contributed by atoms with Crippen LogP contribution in [0.1, 0.15) is 96.4 Å². The van der Waals surface area contributed by atoms with Crippen molar-refractivity contribution in [2.45, 2.75) is 106 Å². The third kappa shape index (κ3) is 9.89. The van der Waals surface area contributed by atoms with E-state index in [-0.39, 0.29) is 37.4 Å². The van der Waals surface area contributed by atoms with E-state index < -0.39 is 8.07 Å². The molecule has 0 bridgehead atoms. The second-order valence-corrected chi connectivity index (χ2v) is 25.3. The second kappa shape index (κ2) is 19.2. The van der Waals surface area contributed by atoms with Crippen molar-refractivity contribution < 1.29 is 24.5 Å². The minimum atomic E-state index is -1.34. The third-order valence-corrected chi connectivity index (χ3v) is 14.1. The predicted octanol–water partition coefficient (Wildman–Crippen LogP) is 15.3. The van der Waals surface area contributed by atoms with Gasteiger partial charge in [0, 0.05) is 43.6 Å². The minimum absolute atomic E-state index is 0. The summed E-state index contributed by atoms with van der Waals surface area (Å²) in [6.45, 7) is 27.5. The Bertz CT molecular complexity index is 3050. The fourth-order valence-corrected chi connectivity index (χ4v) is 10.3. The van der Waals surface area contributed by atoms with Gasteiger partial charge < -0.3 is 14.0 Å². The molecule has 0 aliphatic rings. The fourth-order valence-electron chi connectivity index (χ4n) is 8.71. The van der Waals surface area contributed by atoms with Crippen molar-refractivity contribution in [1.29, 1.82) is 0 Å². The summed E-state index contributed by atoms with van der Waals surface area (Å²) in [5.41, 5.74) is 15.0. The van der Waals surface area contributed by atoms with Crippen molar-refractivity contribution in [3.05, 3.63) is 162 Å². The van der Waals surface area contributed by atoms with E-state index in [0.29, 0.717) is 5.92 Å². The number of para-hydroxylation sites is 1. The monoisotopic (exact) mass is 1050 g/mol. The molecule has 65 heavy (non-hydrogen) atoms. The largest absolute Gasteiger partial charge is 0.501 e. The molecule has 4 heterocycles. The summed E-state index contributed by atoms with van der Waals surface area (Å²) < 4.78 is 8.81. The molecule has 9 rings (SSSR count). The number of rotatable bonds is 9. The van der Waals surface area contributed by atoms with Gasteiger partial charge in [-0.15, -0.1) is 54.1 Å². The van der Waals surface area contributed by atoms with Crippen LogP contribution in [0.4, 0.5) is 0 Å². The molecule has 335 valence electrons. The van der Waals surface area contributed by atoms with Crippen LogP contribution in [-0.2, 0) is 31.9 Å². The van der Waals surface area contributed by atoms with Crippen molar-refractivity contribution in [1.82, 2.24) is 19.5 Å². The average molecular weight is 1050 g/mol. The summed E-state index contributed by atoms with van der Waals surface area (Å²) in [7, 11) is -1.34. The number of pyridine rings is 2. The summed E-state index contributed by atoms with van der Waals surface area (Å²) in [4.78, 5) is 15.2. The first-order valence-electron chi connectivity index (χ1n) is 22.9. The topological polar surface area (TPSA) is 56.7 Å². The molecule has 5 aromatic carbocycles. The maximum atomic E-state index is 6.53. The van der Waals surface area contributed by atoms with Crippen molar-refractivity contribution in [2.75, 3.05) is 0 Å². The van der Waals surface area contributed by atoms with Crippen LogP contribution in [-0.4, -0.2) is 27.6 Å². The predicted molar refractivity (Wildman–Crippen MR) is 273 cm³/mol. The molecule has 0 fully saturated rings. The van der Waals surface area contributed by atoms with Crippen LogP contribution in [0.25, 0.3) is 72.6 Å². The van der Waals surface area contributed by atoms with Crippen LogP contribution in [0, 0.1) is 18.1 Å². The number of nitrogens with zero attached hydrogens (tertiary/aromatic N) is 4. The standard InChI is InChI=1S/C40H38N3O.C18H24NSi.Ir/c1-24(2)32-20-27(26-14-9-8-10-15-26)21-33(25(3)4)36(32)43-38(42-34-22-28(40(5,6)7)23-41-39(34)43)31-18-13-17-30-29-16-11-12-19-35(29)44-37(30)31;1-14(2)11-16-12-17(15-9-7-6-8-10-15)19-13-18(16)20(3,4)5;/h8-17,19-25H,1-7H3;6-9,12-14H,11H2,1-5H3;/q2*-1;. The van der Waals surface area contributed by atoms with Crippen LogP contribution in [0.5, 0.6) is 0 Å². The summed E-state index contributed by atoms with van der Waals surface area (Å²) in [6, 6.07) is 47.0. The van der Waals surface area contributed by atoms with Gasteiger partial charge in [-0.3, -0.25) is 4.98 Å². The van der Waals surface area contributed by atoms with Gasteiger partial charge in [-0.1, -0.05) is 153 Å². The molecule has 0 unspecified atom stereocenters. The Morgan fingerprint density at radius 2 is 1.37 bits per heavy atom. The maximum absolute atomic E-state index is 6.53. The van der Waals surface area contributed by atoms with E-state index in [2.05, 4.69) is 189 Å². The molecule has 5 nitrogen and oxygen atoms in total. The molecule has 0 aliphatic carbocycles. The number of furan rings is 1. The summed E-state index contributed by atoms with van der Waals surface area (Å²) in [5.74, 6) is 1.98. The first-order valence-corrected chi connectivity index (χ1v) is 26.4. The number of hydrogen-bond acceptors (Lipinski definition) is 4. The number of fused-ring (bicyclic) bond motifs is 4. The van der Waals surface area contributed by atoms with Gasteiger partial charge in [0.1, 0.15) is 5.58 Å². The van der Waals surface area contributed by atoms with Gasteiger partial charge >= 0.3 is 0 Å². The molecule has 0 atom stereocenters. The Morgan fingerprint density at radius 3 is 2.00 bits per heavy atom. The van der Waals surface area contributed by atoms with Crippen molar-refractivity contribution in [2.24, 2.45) is 5.92 Å². The minimum Gasteiger partial charge on any atom is -0.501 e. The molecule has 0 aliphatic heterocycles. The molecule has 0 saturated heterocycles. The SMILES string of the molecule is CC(C)Cc1cc(-c2[c-]cccc2)ncc1[Si](C)(C)C.CC(C)c1cc(-c2ccccc2)cc(C(C)C)c1-n1c(-c2[c-]ccc3c2oc2ccccc23)nc2cc(C(C)(C)C)cnc21.[Ir]. The van der Waals surface area contributed by atoms with Gasteiger partial charge in [0.2, 0.25) is 0 Å². The Kier molecular flexibility index (Phi) is 14.0. The van der Waals surface area contributed by atoms with E-state index in [1.807, 2.05) is 42.6 Å². The smallest absolute Gasteiger partial charge is 0.155 e. The van der Waals surface area contributed by atoms with E-state index in [0.717, 1.165) is 73.4 Å². The Morgan fingerprint density at radius 1 is 0.692 bits per heavy atom. The first kappa shape index (κ1) is 47.5. The van der Waals surface area contributed by atoms with Crippen LogP contribution in [0.3, 0.4) is 0 Å². The first-order chi connectivity index (χ1) is 30.5. The zero-order valence-electron chi connectivity index (χ0n) is 40.1. The molecule has 0 saturated carbocycles. The Labute approximate surface area is 401 Å². The van der Waals surface area contributed by atoms with E-state index >= 15 is 0 Å². The van der Waals surface area contributed by atoms with E-state index in [1.165, 1.54) is 33.0 Å². The molecule has 0 N–H and O–H groups in total. The van der Waals surface area contributed by atoms with Gasteiger partial charge in [0.15, 0.2) is 5.65 Å². The fraction of sp³-hybridized carbons (Fsp3) is 0.293. The van der Waals surface area contributed by atoms with Crippen LogP contribution in [0.2, 0.25) is 19.6 Å². The number of hydrogen-bond donors (Lipinski definition) is 0. The van der Waals surface area contributed by atoms with Gasteiger partial charge in [-0.05, 0) is 92.6 Å². The zero-order chi connectivity index (χ0) is 45.5. The summed E-state index contributed by atoms with van der Waals surface area (Å²) >= 11 is 0. The van der Waals surface area contributed by atoms with E-state index in [4.69, 9.17) is 14.4 Å². The van der Waals surface area contributed by atoms with Gasteiger partial charge in [0.25, 0.3) is 0 Å². The van der Waals surface area contributed by atoms with Gasteiger partial charge in [-0.2, -0.15) is 0 Å². The average Bonchev–Trinajstić information content (AvgIpc) is 3.84. The Balaban J connectivity index is 0.000000253. The number of imidazole rings is 1. The summed E-state index contributed by atoms with van der Waals surface area (Å²) in [6.07, 6.45) is 5.25. The maximum Gasteiger partial charge on any atom is 0.155 e. The molecule has 7 heteroatoms. The van der Waals surface area contributed by atoms with Crippen LogP contribution >= 0.6 is 0 Å². The summed E-state index contributed by atoms with van der Waals surface area (Å²) in [5, 5.41) is 3.64. The second-order valence-electron chi connectivity index (χ2n) is 20.3. The van der Waals surface area contributed by atoms with Crippen molar-refractivity contribution >= 4 is 46.4 Å². The zero-order valence-corrected chi connectivity index (χ0v) is 43.5. The molecule has 9 aromatic rings. The normalized spacial score (nSPS) is 12.0. The van der Waals surface area contributed by atoms with Crippen LogP contribution in [0.15, 0.2) is 132 Å². The molecular weight excluding hydrogens is 989 g/mol. The van der Waals surface area contributed by atoms with E-state index in [9.17, 15) is 0 Å².